The van der Waals surface area contributed by atoms with Crippen molar-refractivity contribution >= 4 is 17.3 Å². The van der Waals surface area contributed by atoms with E-state index in [4.69, 9.17) is 11.5 Å². The molecule has 131 valence electrons. The molecular weight excluding hydrogens is 387 g/mol. The zero-order valence-electron chi connectivity index (χ0n) is 15.0. The van der Waals surface area contributed by atoms with Crippen molar-refractivity contribution in [1.82, 2.24) is 4.90 Å². The van der Waals surface area contributed by atoms with Crippen LogP contribution in [0.3, 0.4) is 0 Å². The molecule has 0 saturated carbocycles. The number of nitrogens with zero attached hydrogens (tertiary/aromatic N) is 1. The Morgan fingerprint density at radius 1 is 1.00 bits per heavy atom. The molecule has 2 aromatic rings. The Kier molecular flexibility index (Phi) is 9.16. The molecule has 1 saturated heterocycles. The molecule has 0 unspecified atom stereocenters. The molecule has 0 spiro atoms. The minimum absolute atomic E-state index is 0. The Hall–Kier alpha value is -1.39. The summed E-state index contributed by atoms with van der Waals surface area (Å²) >= 11 is 0. The van der Waals surface area contributed by atoms with Gasteiger partial charge in [-0.05, 0) is 31.7 Å². The molecule has 0 aromatic heterocycles. The third-order valence-electron chi connectivity index (χ3n) is 4.23. The standard InChI is InChI=1S/C13H17N2O.C7H8N.Y/c1-10-5-7-15(8-6-10)13(16)11-3-2-4-12(14)9-11;1-6-2-4-7(8)5-3-6;/h2-4,9-10,14H,5-8H2,1H3;2-5,8H,1H3;/q2*-1;. The predicted octanol–water partition coefficient (Wildman–Crippen LogP) is 5.92. The molecule has 2 N–H and O–H groups in total. The van der Waals surface area contributed by atoms with Gasteiger partial charge in [0.15, 0.2) is 0 Å². The summed E-state index contributed by atoms with van der Waals surface area (Å²) in [5.41, 5.74) is 17.4. The number of rotatable bonds is 1. The quantitative estimate of drug-likeness (QED) is 0.573. The summed E-state index contributed by atoms with van der Waals surface area (Å²) in [6, 6.07) is 14.3. The van der Waals surface area contributed by atoms with Crippen LogP contribution in [0.15, 0.2) is 48.5 Å². The number of aryl methyl sites for hydroxylation is 1. The van der Waals surface area contributed by atoms with Crippen molar-refractivity contribution in [1.29, 1.82) is 0 Å². The number of carbonyl (C=O) groups excluding carboxylic acids is 1. The van der Waals surface area contributed by atoms with Gasteiger partial charge in [0, 0.05) is 51.4 Å². The van der Waals surface area contributed by atoms with Crippen molar-refractivity contribution in [3.8, 4) is 0 Å². The number of hydrogen-bond donors (Lipinski definition) is 0. The number of carbonyl (C=O) groups is 1. The van der Waals surface area contributed by atoms with E-state index in [0.29, 0.717) is 16.9 Å². The zero-order chi connectivity index (χ0) is 17.5. The normalized spacial score (nSPS) is 14.1. The summed E-state index contributed by atoms with van der Waals surface area (Å²) in [5, 5.41) is 0. The van der Waals surface area contributed by atoms with E-state index in [0.717, 1.165) is 31.8 Å². The average molecular weight is 412 g/mol. The molecule has 3 rings (SSSR count). The van der Waals surface area contributed by atoms with Crippen LogP contribution in [-0.4, -0.2) is 23.9 Å². The SMILES string of the molecule is CC1CCN(C(=O)c2cccc([NH-])c2)CC1.Cc1ccc([NH-])cc1.[Y]. The monoisotopic (exact) mass is 412 g/mol. The summed E-state index contributed by atoms with van der Waals surface area (Å²) in [4.78, 5) is 14.0. The van der Waals surface area contributed by atoms with Crippen LogP contribution in [0.25, 0.3) is 11.5 Å². The number of amides is 1. The summed E-state index contributed by atoms with van der Waals surface area (Å²) in [6.45, 7) is 5.94. The van der Waals surface area contributed by atoms with Crippen LogP contribution in [0.1, 0.15) is 35.7 Å². The van der Waals surface area contributed by atoms with Crippen LogP contribution in [0.5, 0.6) is 0 Å². The van der Waals surface area contributed by atoms with Crippen LogP contribution in [0.2, 0.25) is 0 Å². The maximum atomic E-state index is 12.1. The molecule has 25 heavy (non-hydrogen) atoms. The number of hydrogen-bond acceptors (Lipinski definition) is 1. The van der Waals surface area contributed by atoms with Crippen LogP contribution in [0, 0.1) is 12.8 Å². The Balaban J connectivity index is 0.000000295. The zero-order valence-corrected chi connectivity index (χ0v) is 17.8. The fourth-order valence-electron chi connectivity index (χ4n) is 2.60. The fraction of sp³-hybridized carbons (Fsp3) is 0.350. The van der Waals surface area contributed by atoms with Gasteiger partial charge in [-0.25, -0.2) is 0 Å². The first kappa shape index (κ1) is 21.7. The van der Waals surface area contributed by atoms with Gasteiger partial charge in [0.2, 0.25) is 0 Å². The van der Waals surface area contributed by atoms with Gasteiger partial charge < -0.3 is 16.4 Å². The third-order valence-corrected chi connectivity index (χ3v) is 4.23. The Labute approximate surface area is 175 Å². The van der Waals surface area contributed by atoms with Crippen molar-refractivity contribution in [2.24, 2.45) is 5.92 Å². The van der Waals surface area contributed by atoms with Gasteiger partial charge in [-0.2, -0.15) is 0 Å². The van der Waals surface area contributed by atoms with Crippen LogP contribution in [-0.2, 0) is 32.7 Å². The van der Waals surface area contributed by atoms with E-state index in [2.05, 4.69) is 6.92 Å². The molecule has 1 aliphatic heterocycles. The maximum Gasteiger partial charge on any atom is 0.253 e. The molecule has 1 radical (unpaired) electrons. The van der Waals surface area contributed by atoms with Crippen molar-refractivity contribution in [2.45, 2.75) is 26.7 Å². The first-order valence-corrected chi connectivity index (χ1v) is 8.35. The molecule has 1 aliphatic rings. The molecular formula is C20H25N3OY-2. The van der Waals surface area contributed by atoms with E-state index in [-0.39, 0.29) is 38.6 Å². The van der Waals surface area contributed by atoms with E-state index < -0.39 is 0 Å². The van der Waals surface area contributed by atoms with E-state index in [9.17, 15) is 4.79 Å². The molecule has 0 atom stereocenters. The first-order valence-electron chi connectivity index (χ1n) is 8.35. The van der Waals surface area contributed by atoms with Crippen molar-refractivity contribution in [2.75, 3.05) is 13.1 Å². The summed E-state index contributed by atoms with van der Waals surface area (Å²) in [5.74, 6) is 0.799. The van der Waals surface area contributed by atoms with E-state index in [1.807, 2.05) is 24.0 Å². The van der Waals surface area contributed by atoms with Gasteiger partial charge in [0.1, 0.15) is 0 Å². The average Bonchev–Trinajstić information content (AvgIpc) is 2.58. The minimum atomic E-state index is 0. The largest absolute Gasteiger partial charge is 0.699 e. The molecule has 0 bridgehead atoms. The second-order valence-corrected chi connectivity index (χ2v) is 6.42. The van der Waals surface area contributed by atoms with E-state index in [1.165, 1.54) is 5.56 Å². The Morgan fingerprint density at radius 2 is 1.60 bits per heavy atom. The molecule has 4 nitrogen and oxygen atoms in total. The predicted molar refractivity (Wildman–Crippen MR) is 99.9 cm³/mol. The van der Waals surface area contributed by atoms with Crippen molar-refractivity contribution in [3.63, 3.8) is 0 Å². The van der Waals surface area contributed by atoms with Crippen LogP contribution < -0.4 is 0 Å². The Morgan fingerprint density at radius 3 is 2.12 bits per heavy atom. The molecule has 0 aliphatic carbocycles. The fourth-order valence-corrected chi connectivity index (χ4v) is 2.60. The minimum Gasteiger partial charge on any atom is -0.699 e. The van der Waals surface area contributed by atoms with E-state index >= 15 is 0 Å². The number of nitrogens with one attached hydrogen (secondary N) is 2. The van der Waals surface area contributed by atoms with Gasteiger partial charge in [-0.15, -0.1) is 11.4 Å². The molecule has 1 fully saturated rings. The number of piperidine rings is 1. The number of likely N-dealkylation sites (tertiary alicyclic amines) is 1. The molecule has 1 amide bonds. The van der Waals surface area contributed by atoms with Gasteiger partial charge in [-0.3, -0.25) is 4.79 Å². The number of benzene rings is 2. The van der Waals surface area contributed by atoms with E-state index in [1.54, 1.807) is 36.4 Å². The molecule has 1 heterocycles. The van der Waals surface area contributed by atoms with Gasteiger partial charge >= 0.3 is 0 Å². The smallest absolute Gasteiger partial charge is 0.253 e. The topological polar surface area (TPSA) is 67.9 Å². The Bertz CT molecular complexity index is 644. The summed E-state index contributed by atoms with van der Waals surface area (Å²) in [6.07, 6.45) is 2.18. The van der Waals surface area contributed by atoms with Crippen molar-refractivity contribution < 1.29 is 37.5 Å². The van der Waals surface area contributed by atoms with Gasteiger partial charge in [0.05, 0.1) is 0 Å². The summed E-state index contributed by atoms with van der Waals surface area (Å²) < 4.78 is 0. The second kappa shape index (κ2) is 10.6. The first-order chi connectivity index (χ1) is 11.5. The second-order valence-electron chi connectivity index (χ2n) is 6.42. The molecule has 2 aromatic carbocycles. The van der Waals surface area contributed by atoms with Gasteiger partial charge in [0.25, 0.3) is 5.91 Å². The van der Waals surface area contributed by atoms with Crippen molar-refractivity contribution in [3.05, 3.63) is 71.1 Å². The maximum absolute atomic E-state index is 12.1. The van der Waals surface area contributed by atoms with Gasteiger partial charge in [-0.1, -0.05) is 55.0 Å². The van der Waals surface area contributed by atoms with Crippen LogP contribution >= 0.6 is 0 Å². The molecule has 5 heteroatoms. The summed E-state index contributed by atoms with van der Waals surface area (Å²) in [7, 11) is 0. The third kappa shape index (κ3) is 7.17. The van der Waals surface area contributed by atoms with Crippen LogP contribution in [0.4, 0.5) is 11.4 Å².